The van der Waals surface area contributed by atoms with Gasteiger partial charge in [-0.15, -0.1) is 6.42 Å². The number of benzene rings is 2. The Hall–Kier alpha value is -5.54. The number of piperazine rings is 1. The van der Waals surface area contributed by atoms with Gasteiger partial charge in [0.25, 0.3) is 0 Å². The number of anilines is 1. The van der Waals surface area contributed by atoms with Crippen molar-refractivity contribution in [3.05, 3.63) is 41.5 Å². The number of nitrogens with one attached hydrogen (secondary N) is 1. The molecule has 4 fully saturated rings. The molecule has 4 aliphatic rings. The first kappa shape index (κ1) is 38.3. The third-order valence-electron chi connectivity index (χ3n) is 12.3. The first-order chi connectivity index (χ1) is 27.4. The van der Waals surface area contributed by atoms with Crippen LogP contribution in [-0.2, 0) is 0 Å². The molecule has 2 N–H and O–H groups in total. The Morgan fingerprint density at radius 3 is 2.46 bits per heavy atom. The molecule has 2 aromatic carbocycles. The fourth-order valence-electron chi connectivity index (χ4n) is 8.66. The van der Waals surface area contributed by atoms with Crippen molar-refractivity contribution in [3.63, 3.8) is 0 Å². The van der Waals surface area contributed by atoms with Crippen LogP contribution in [0.3, 0.4) is 0 Å². The van der Waals surface area contributed by atoms with E-state index in [0.717, 1.165) is 19.4 Å². The van der Waals surface area contributed by atoms with Crippen LogP contribution in [0.2, 0.25) is 0 Å². The highest BCUT2D eigenvalue weighted by Crippen LogP contribution is 2.48. The Bertz CT molecular complexity index is 2320. The van der Waals surface area contributed by atoms with Crippen molar-refractivity contribution in [2.24, 2.45) is 5.41 Å². The molecule has 0 radical (unpaired) electrons. The fourth-order valence-corrected chi connectivity index (χ4v) is 8.66. The number of pyridine rings is 1. The number of phenols is 1. The number of aromatic nitrogens is 3. The number of nitriles is 1. The Labute approximate surface area is 329 Å². The Balaban J connectivity index is 1.22. The number of methoxy groups -OCH3 is 1. The third kappa shape index (κ3) is 7.07. The number of ether oxygens (including phenoxy) is 2. The number of likely N-dealkylation sites (tertiary alicyclic amines) is 1. The monoisotopic (exact) mass is 782 g/mol. The summed E-state index contributed by atoms with van der Waals surface area (Å²) >= 11 is 0. The van der Waals surface area contributed by atoms with E-state index < -0.39 is 23.3 Å². The number of piperidine rings is 1. The number of rotatable bonds is 10. The molecule has 12 nitrogen and oxygen atoms in total. The molecule has 3 unspecified atom stereocenters. The van der Waals surface area contributed by atoms with E-state index in [4.69, 9.17) is 20.9 Å². The van der Waals surface area contributed by atoms with Crippen LogP contribution in [0.5, 0.6) is 17.6 Å². The van der Waals surface area contributed by atoms with Crippen LogP contribution in [-0.4, -0.2) is 106 Å². The van der Waals surface area contributed by atoms with E-state index >= 15 is 8.78 Å². The van der Waals surface area contributed by atoms with Crippen molar-refractivity contribution in [3.8, 4) is 47.3 Å². The minimum absolute atomic E-state index is 0.0201. The lowest BCUT2D eigenvalue weighted by Gasteiger charge is -2.42. The predicted octanol–water partition coefficient (Wildman–Crippen LogP) is 6.47. The number of halogens is 3. The number of hydrogen-bond donors (Lipinski definition) is 2. The third-order valence-corrected chi connectivity index (χ3v) is 12.3. The molecule has 3 atom stereocenters. The van der Waals surface area contributed by atoms with Gasteiger partial charge < -0.3 is 34.6 Å². The van der Waals surface area contributed by atoms with E-state index in [9.17, 15) is 19.6 Å². The number of carbonyl (C=O) groups is 1. The zero-order chi connectivity index (χ0) is 40.2. The van der Waals surface area contributed by atoms with E-state index in [1.807, 2.05) is 11.8 Å². The molecule has 8 rings (SSSR count). The summed E-state index contributed by atoms with van der Waals surface area (Å²) < 4.78 is 58.5. The zero-order valence-corrected chi connectivity index (χ0v) is 32.2. The van der Waals surface area contributed by atoms with Crippen LogP contribution in [0.4, 0.5) is 23.8 Å². The topological polar surface area (TPSA) is 140 Å². The minimum Gasteiger partial charge on any atom is -0.508 e. The fraction of sp³-hybridized carbons (Fsp3) is 0.500. The second kappa shape index (κ2) is 14.8. The molecule has 0 spiro atoms. The van der Waals surface area contributed by atoms with Crippen LogP contribution in [0.1, 0.15) is 64.4 Å². The Morgan fingerprint density at radius 1 is 1.11 bits per heavy atom. The van der Waals surface area contributed by atoms with Gasteiger partial charge in [0, 0.05) is 49.1 Å². The largest absolute Gasteiger partial charge is 0.508 e. The second-order valence-electron chi connectivity index (χ2n) is 16.2. The van der Waals surface area contributed by atoms with Crippen LogP contribution >= 0.6 is 0 Å². The van der Waals surface area contributed by atoms with Crippen molar-refractivity contribution in [1.82, 2.24) is 30.1 Å². The number of aromatic hydroxyl groups is 1. The normalized spacial score (nSPS) is 21.5. The number of amides is 2. The lowest BCUT2D eigenvalue weighted by atomic mass is 9.95. The summed E-state index contributed by atoms with van der Waals surface area (Å²) in [5, 5.41) is 24.1. The molecule has 15 heteroatoms. The Morgan fingerprint density at radius 2 is 1.82 bits per heavy atom. The molecule has 4 aromatic rings. The van der Waals surface area contributed by atoms with E-state index in [1.165, 1.54) is 31.4 Å². The van der Waals surface area contributed by atoms with Crippen LogP contribution < -0.4 is 19.7 Å². The molecule has 3 aliphatic heterocycles. The van der Waals surface area contributed by atoms with Crippen molar-refractivity contribution in [1.29, 1.82) is 5.26 Å². The van der Waals surface area contributed by atoms with Crippen LogP contribution in [0.15, 0.2) is 24.3 Å². The smallest absolute Gasteiger partial charge is 0.319 e. The average molecular weight is 783 g/mol. The lowest BCUT2D eigenvalue weighted by molar-refractivity contribution is 0.107. The first-order valence-electron chi connectivity index (χ1n) is 19.5. The molecule has 57 heavy (non-hydrogen) atoms. The average Bonchev–Trinajstić information content (AvgIpc) is 3.92. The van der Waals surface area contributed by atoms with Gasteiger partial charge in [0.1, 0.15) is 45.7 Å². The summed E-state index contributed by atoms with van der Waals surface area (Å²) in [5.74, 6) is 0.867. The predicted molar refractivity (Wildman–Crippen MR) is 208 cm³/mol. The highest BCUT2D eigenvalue weighted by atomic mass is 19.1. The second-order valence-corrected chi connectivity index (χ2v) is 16.2. The van der Waals surface area contributed by atoms with Crippen molar-refractivity contribution in [2.75, 3.05) is 51.3 Å². The van der Waals surface area contributed by atoms with E-state index in [1.54, 1.807) is 11.8 Å². The number of terminal acetylenes is 1. The molecule has 2 bridgehead atoms. The van der Waals surface area contributed by atoms with Gasteiger partial charge in [-0.05, 0) is 75.5 Å². The molecule has 2 amide bonds. The summed E-state index contributed by atoms with van der Waals surface area (Å²) in [7, 11) is 1.39. The summed E-state index contributed by atoms with van der Waals surface area (Å²) in [4.78, 5) is 33.7. The van der Waals surface area contributed by atoms with Crippen molar-refractivity contribution < 1.29 is 32.5 Å². The summed E-state index contributed by atoms with van der Waals surface area (Å²) in [5.41, 5.74) is -1.71. The summed E-state index contributed by atoms with van der Waals surface area (Å²) in [6, 6.07) is 6.67. The lowest BCUT2D eigenvalue weighted by Crippen LogP contribution is -2.61. The van der Waals surface area contributed by atoms with Gasteiger partial charge in [0.05, 0.1) is 37.4 Å². The minimum atomic E-state index is -1.02. The number of fused-ring (bicyclic) bond motifs is 4. The molecule has 1 saturated carbocycles. The maximum Gasteiger partial charge on any atom is 0.319 e. The number of alkyl halides is 1. The van der Waals surface area contributed by atoms with Gasteiger partial charge in [0.2, 0.25) is 5.88 Å². The molecule has 5 heterocycles. The molecular weight excluding hydrogens is 738 g/mol. The van der Waals surface area contributed by atoms with Crippen LogP contribution in [0.25, 0.3) is 32.9 Å². The van der Waals surface area contributed by atoms with Gasteiger partial charge >= 0.3 is 12.0 Å². The molecular formula is C42H45F3N8O4. The number of phenolic OH excluding ortho intramolecular Hbond substituents is 1. The molecule has 2 aromatic heterocycles. The van der Waals surface area contributed by atoms with Gasteiger partial charge in [0.15, 0.2) is 5.82 Å². The number of nitrogens with zero attached hydrogens (tertiary/aromatic N) is 7. The number of urea groups is 1. The Kier molecular flexibility index (Phi) is 9.93. The standard InChI is InChI=1S/C42H45F3N8O4/c1-5-29-31(44)10-7-24-17-28(54)18-30(32(24)29)35-34(45)36-33(38(47-35)56-4)37(49-39(48-36)57-23-42(13-14-42)22-51-15-11-25(43)12-16-51)52-19-26-8-9-27(20-52)53(26)40(55)50-41(3,6-2)21-46/h1,7,10,17-18,25-27,54H,6,8-9,11-16,19-20,22-23H2,2-4H3,(H,50,55). The molecule has 298 valence electrons. The van der Waals surface area contributed by atoms with E-state index in [2.05, 4.69) is 32.2 Å². The van der Waals surface area contributed by atoms with Gasteiger partial charge in [-0.1, -0.05) is 18.9 Å². The summed E-state index contributed by atoms with van der Waals surface area (Å²) in [6.07, 6.45) is 9.67. The maximum absolute atomic E-state index is 17.3. The van der Waals surface area contributed by atoms with Crippen molar-refractivity contribution in [2.45, 2.75) is 82.6 Å². The SMILES string of the molecule is C#Cc1c(F)ccc2cc(O)cc(-c3nc(OC)c4c(N5CC6CCC(C5)N6C(=O)NC(C)(C#N)CC)nc(OCC5(CN6CCC(F)CC6)CC5)nc4c3F)c12. The maximum atomic E-state index is 17.3. The van der Waals surface area contributed by atoms with Gasteiger partial charge in [-0.25, -0.2) is 22.9 Å². The zero-order valence-electron chi connectivity index (χ0n) is 32.2. The number of carbonyl (C=O) groups excluding carboxylic acids is 1. The van der Waals surface area contributed by atoms with Gasteiger partial charge in [-0.3, -0.25) is 0 Å². The van der Waals surface area contributed by atoms with E-state index in [0.29, 0.717) is 69.5 Å². The quantitative estimate of drug-likeness (QED) is 0.172. The van der Waals surface area contributed by atoms with E-state index in [-0.39, 0.29) is 80.9 Å². The summed E-state index contributed by atoms with van der Waals surface area (Å²) in [6.45, 7) is 6.58. The highest BCUT2D eigenvalue weighted by molar-refractivity contribution is 6.04. The van der Waals surface area contributed by atoms with Crippen LogP contribution in [0, 0.1) is 40.7 Å². The van der Waals surface area contributed by atoms with Crippen molar-refractivity contribution >= 4 is 33.5 Å². The number of hydrogen-bond acceptors (Lipinski definition) is 10. The highest BCUT2D eigenvalue weighted by Gasteiger charge is 2.47. The van der Waals surface area contributed by atoms with Gasteiger partial charge in [-0.2, -0.15) is 15.2 Å². The molecule has 3 saturated heterocycles. The first-order valence-corrected chi connectivity index (χ1v) is 19.5. The molecule has 1 aliphatic carbocycles.